The predicted molar refractivity (Wildman–Crippen MR) is 36.8 cm³/mol. The van der Waals surface area contributed by atoms with Crippen molar-refractivity contribution in [3.8, 4) is 0 Å². The summed E-state index contributed by atoms with van der Waals surface area (Å²) >= 11 is 0. The molecule has 0 aromatic heterocycles. The van der Waals surface area contributed by atoms with Gasteiger partial charge in [-0.15, -0.1) is 0 Å². The van der Waals surface area contributed by atoms with Crippen LogP contribution in [0.5, 0.6) is 0 Å². The summed E-state index contributed by atoms with van der Waals surface area (Å²) in [5.74, 6) is -1.29. The SMILES string of the molecule is C/N=N\c1cc(F)cc(F)c1. The summed E-state index contributed by atoms with van der Waals surface area (Å²) in [6.07, 6.45) is 0. The quantitative estimate of drug-likeness (QED) is 0.558. The van der Waals surface area contributed by atoms with Crippen molar-refractivity contribution < 1.29 is 8.78 Å². The highest BCUT2D eigenvalue weighted by molar-refractivity contribution is 5.36. The van der Waals surface area contributed by atoms with E-state index in [1.807, 2.05) is 0 Å². The lowest BCUT2D eigenvalue weighted by Gasteiger charge is -1.92. The monoisotopic (exact) mass is 156 g/mol. The third kappa shape index (κ3) is 2.07. The molecule has 0 saturated heterocycles. The van der Waals surface area contributed by atoms with E-state index in [-0.39, 0.29) is 5.69 Å². The fourth-order valence-corrected chi connectivity index (χ4v) is 0.712. The van der Waals surface area contributed by atoms with Crippen LogP contribution in [-0.4, -0.2) is 7.05 Å². The third-order valence-electron chi connectivity index (χ3n) is 1.06. The summed E-state index contributed by atoms with van der Waals surface area (Å²) in [5, 5.41) is 6.85. The Bertz CT molecular complexity index is 264. The summed E-state index contributed by atoms with van der Waals surface area (Å²) in [7, 11) is 1.43. The Morgan fingerprint density at radius 3 is 2.09 bits per heavy atom. The van der Waals surface area contributed by atoms with Gasteiger partial charge in [-0.25, -0.2) is 8.78 Å². The molecule has 4 heteroatoms. The molecule has 0 amide bonds. The minimum atomic E-state index is -0.646. The Hall–Kier alpha value is -1.32. The van der Waals surface area contributed by atoms with Crippen molar-refractivity contribution in [3.05, 3.63) is 29.8 Å². The maximum absolute atomic E-state index is 12.4. The Balaban J connectivity index is 3.08. The Labute approximate surface area is 62.6 Å². The topological polar surface area (TPSA) is 24.7 Å². The van der Waals surface area contributed by atoms with Crippen molar-refractivity contribution in [3.63, 3.8) is 0 Å². The van der Waals surface area contributed by atoms with Crippen molar-refractivity contribution in [2.24, 2.45) is 10.2 Å². The molecule has 2 nitrogen and oxygen atoms in total. The molecule has 0 unspecified atom stereocenters. The molecule has 0 radical (unpaired) electrons. The van der Waals surface area contributed by atoms with Gasteiger partial charge < -0.3 is 0 Å². The average molecular weight is 156 g/mol. The van der Waals surface area contributed by atoms with Crippen LogP contribution < -0.4 is 0 Å². The molecule has 0 saturated carbocycles. The van der Waals surface area contributed by atoms with Crippen LogP contribution in [0.15, 0.2) is 28.4 Å². The van der Waals surface area contributed by atoms with E-state index in [4.69, 9.17) is 0 Å². The van der Waals surface area contributed by atoms with E-state index in [1.165, 1.54) is 7.05 Å². The summed E-state index contributed by atoms with van der Waals surface area (Å²) in [4.78, 5) is 0. The van der Waals surface area contributed by atoms with Gasteiger partial charge in [-0.3, -0.25) is 0 Å². The van der Waals surface area contributed by atoms with Gasteiger partial charge >= 0.3 is 0 Å². The summed E-state index contributed by atoms with van der Waals surface area (Å²) in [5.41, 5.74) is 0.185. The van der Waals surface area contributed by atoms with Gasteiger partial charge in [0.2, 0.25) is 0 Å². The molecule has 0 aliphatic carbocycles. The molecular formula is C7H6F2N2. The van der Waals surface area contributed by atoms with Crippen LogP contribution in [0.25, 0.3) is 0 Å². The first kappa shape index (κ1) is 7.78. The fourth-order valence-electron chi connectivity index (χ4n) is 0.712. The van der Waals surface area contributed by atoms with Crippen molar-refractivity contribution in [1.29, 1.82) is 0 Å². The molecule has 0 atom stereocenters. The highest BCUT2D eigenvalue weighted by Gasteiger charge is 1.97. The van der Waals surface area contributed by atoms with Crippen molar-refractivity contribution in [1.82, 2.24) is 0 Å². The molecule has 0 aliphatic rings. The maximum atomic E-state index is 12.4. The van der Waals surface area contributed by atoms with Gasteiger partial charge in [0.05, 0.1) is 5.69 Å². The first-order chi connectivity index (χ1) is 5.22. The molecule has 58 valence electrons. The maximum Gasteiger partial charge on any atom is 0.128 e. The highest BCUT2D eigenvalue weighted by Crippen LogP contribution is 2.15. The summed E-state index contributed by atoms with van der Waals surface area (Å²) in [6, 6.07) is 3.00. The highest BCUT2D eigenvalue weighted by atomic mass is 19.1. The number of hydrogen-bond donors (Lipinski definition) is 0. The zero-order valence-electron chi connectivity index (χ0n) is 5.88. The van der Waals surface area contributed by atoms with Crippen LogP contribution in [0.2, 0.25) is 0 Å². The molecule has 0 aliphatic heterocycles. The van der Waals surface area contributed by atoms with Crippen LogP contribution in [0.4, 0.5) is 14.5 Å². The minimum absolute atomic E-state index is 0.185. The first-order valence-electron chi connectivity index (χ1n) is 2.98. The van der Waals surface area contributed by atoms with Crippen LogP contribution in [0.1, 0.15) is 0 Å². The van der Waals surface area contributed by atoms with E-state index in [9.17, 15) is 8.78 Å². The van der Waals surface area contributed by atoms with Gasteiger partial charge in [0.25, 0.3) is 0 Å². The van der Waals surface area contributed by atoms with E-state index in [1.54, 1.807) is 0 Å². The minimum Gasteiger partial charge on any atom is -0.207 e. The standard InChI is InChI=1S/C7H6F2N2/c1-10-11-7-3-5(8)2-6(9)4-7/h2-4H,1H3/b11-10-. The Morgan fingerprint density at radius 1 is 1.09 bits per heavy atom. The zero-order chi connectivity index (χ0) is 8.27. The molecule has 11 heavy (non-hydrogen) atoms. The van der Waals surface area contributed by atoms with Gasteiger partial charge in [-0.05, 0) is 0 Å². The van der Waals surface area contributed by atoms with E-state index < -0.39 is 11.6 Å². The van der Waals surface area contributed by atoms with Gasteiger partial charge in [0.1, 0.15) is 11.6 Å². The molecule has 0 spiro atoms. The molecule has 0 N–H and O–H groups in total. The Kier molecular flexibility index (Phi) is 2.25. The van der Waals surface area contributed by atoms with Crippen LogP contribution in [-0.2, 0) is 0 Å². The first-order valence-corrected chi connectivity index (χ1v) is 2.98. The van der Waals surface area contributed by atoms with Crippen LogP contribution >= 0.6 is 0 Å². The number of azo groups is 1. The molecule has 0 bridgehead atoms. The van der Waals surface area contributed by atoms with Gasteiger partial charge in [0, 0.05) is 25.2 Å². The number of nitrogens with zero attached hydrogens (tertiary/aromatic N) is 2. The zero-order valence-corrected chi connectivity index (χ0v) is 5.88. The van der Waals surface area contributed by atoms with E-state index in [0.29, 0.717) is 0 Å². The van der Waals surface area contributed by atoms with E-state index >= 15 is 0 Å². The largest absolute Gasteiger partial charge is 0.207 e. The fraction of sp³-hybridized carbons (Fsp3) is 0.143. The van der Waals surface area contributed by atoms with Gasteiger partial charge in [0.15, 0.2) is 0 Å². The molecule has 0 heterocycles. The molecule has 1 rings (SSSR count). The lowest BCUT2D eigenvalue weighted by Crippen LogP contribution is -1.76. The predicted octanol–water partition coefficient (Wildman–Crippen LogP) is 2.68. The smallest absolute Gasteiger partial charge is 0.128 e. The van der Waals surface area contributed by atoms with Crippen molar-refractivity contribution in [2.45, 2.75) is 0 Å². The average Bonchev–Trinajstić information content (AvgIpc) is 1.85. The Morgan fingerprint density at radius 2 is 1.64 bits per heavy atom. The second kappa shape index (κ2) is 3.18. The van der Waals surface area contributed by atoms with Crippen molar-refractivity contribution >= 4 is 5.69 Å². The molecule has 1 aromatic rings. The third-order valence-corrected chi connectivity index (χ3v) is 1.06. The molecule has 0 fully saturated rings. The normalized spacial score (nSPS) is 10.8. The lowest BCUT2D eigenvalue weighted by molar-refractivity contribution is 0.583. The van der Waals surface area contributed by atoms with Gasteiger partial charge in [-0.1, -0.05) is 0 Å². The van der Waals surface area contributed by atoms with Gasteiger partial charge in [-0.2, -0.15) is 10.2 Å². The number of halogens is 2. The second-order valence-electron chi connectivity index (χ2n) is 1.93. The van der Waals surface area contributed by atoms with E-state index in [0.717, 1.165) is 18.2 Å². The number of rotatable bonds is 1. The number of hydrogen-bond acceptors (Lipinski definition) is 2. The molecular weight excluding hydrogens is 150 g/mol. The molecule has 1 aromatic carbocycles. The second-order valence-corrected chi connectivity index (χ2v) is 1.93. The summed E-state index contributed by atoms with van der Waals surface area (Å²) < 4.78 is 24.8. The van der Waals surface area contributed by atoms with Crippen molar-refractivity contribution in [2.75, 3.05) is 7.05 Å². The van der Waals surface area contributed by atoms with Crippen LogP contribution in [0, 0.1) is 11.6 Å². The lowest BCUT2D eigenvalue weighted by atomic mass is 10.3. The van der Waals surface area contributed by atoms with Crippen LogP contribution in [0.3, 0.4) is 0 Å². The van der Waals surface area contributed by atoms with E-state index in [2.05, 4.69) is 10.2 Å². The number of benzene rings is 1. The summed E-state index contributed by atoms with van der Waals surface area (Å²) in [6.45, 7) is 0.